The Labute approximate surface area is 103 Å². The molecule has 92 valence electrons. The van der Waals surface area contributed by atoms with Crippen LogP contribution in [-0.2, 0) is 24.1 Å². The molecule has 1 aliphatic rings. The van der Waals surface area contributed by atoms with E-state index in [1.165, 1.54) is 36.8 Å². The van der Waals surface area contributed by atoms with Crippen LogP contribution in [0, 0.1) is 0 Å². The molecule has 0 amide bonds. The summed E-state index contributed by atoms with van der Waals surface area (Å²) in [6, 6.07) is 6.61. The summed E-state index contributed by atoms with van der Waals surface area (Å²) in [6.45, 7) is 0. The summed E-state index contributed by atoms with van der Waals surface area (Å²) >= 11 is 0. The number of carboxylic acids is 1. The van der Waals surface area contributed by atoms with E-state index in [1.54, 1.807) is 5.56 Å². The maximum atomic E-state index is 10.4. The molecule has 0 saturated carbocycles. The lowest BCUT2D eigenvalue weighted by Gasteiger charge is -2.19. The van der Waals surface area contributed by atoms with E-state index in [1.807, 2.05) is 0 Å². The molecule has 1 N–H and O–H groups in total. The van der Waals surface area contributed by atoms with Crippen molar-refractivity contribution in [3.63, 3.8) is 0 Å². The number of unbranched alkanes of at least 4 members (excludes halogenated alkanes) is 1. The number of hydrogen-bond donors (Lipinski definition) is 1. The van der Waals surface area contributed by atoms with Gasteiger partial charge >= 0.3 is 5.97 Å². The average Bonchev–Trinajstić information content (AvgIpc) is 2.34. The van der Waals surface area contributed by atoms with Gasteiger partial charge in [0.2, 0.25) is 0 Å². The zero-order valence-electron chi connectivity index (χ0n) is 10.2. The Morgan fingerprint density at radius 3 is 2.82 bits per heavy atom. The summed E-state index contributed by atoms with van der Waals surface area (Å²) in [4.78, 5) is 10.4. The van der Waals surface area contributed by atoms with Gasteiger partial charge in [-0.1, -0.05) is 18.2 Å². The van der Waals surface area contributed by atoms with Gasteiger partial charge < -0.3 is 5.11 Å². The van der Waals surface area contributed by atoms with Gasteiger partial charge in [0.1, 0.15) is 0 Å². The van der Waals surface area contributed by atoms with Crippen molar-refractivity contribution in [1.82, 2.24) is 0 Å². The highest BCUT2D eigenvalue weighted by molar-refractivity contribution is 5.66. The smallest absolute Gasteiger partial charge is 0.303 e. The second-order valence-electron chi connectivity index (χ2n) is 4.86. The largest absolute Gasteiger partial charge is 0.481 e. The van der Waals surface area contributed by atoms with Crippen LogP contribution in [0.2, 0.25) is 0 Å². The lowest BCUT2D eigenvalue weighted by Crippen LogP contribution is -2.06. The van der Waals surface area contributed by atoms with E-state index in [4.69, 9.17) is 5.11 Å². The minimum atomic E-state index is -0.680. The molecule has 2 heteroatoms. The Morgan fingerprint density at radius 2 is 2.00 bits per heavy atom. The van der Waals surface area contributed by atoms with E-state index >= 15 is 0 Å². The zero-order valence-corrected chi connectivity index (χ0v) is 10.2. The number of benzene rings is 1. The second-order valence-corrected chi connectivity index (χ2v) is 4.86. The minimum Gasteiger partial charge on any atom is -0.481 e. The van der Waals surface area contributed by atoms with Crippen LogP contribution >= 0.6 is 0 Å². The molecule has 1 aliphatic carbocycles. The lowest BCUT2D eigenvalue weighted by molar-refractivity contribution is -0.137. The SMILES string of the molecule is O=C(O)CCCCc1cccc2c1CCCC2. The molecule has 0 heterocycles. The standard InChI is InChI=1S/C15H20O2/c16-15(17)11-4-2-7-13-9-5-8-12-6-1-3-10-14(12)13/h5,8-9H,1-4,6-7,10-11H2,(H,16,17). The van der Waals surface area contributed by atoms with Crippen LogP contribution in [-0.4, -0.2) is 11.1 Å². The van der Waals surface area contributed by atoms with Crippen LogP contribution < -0.4 is 0 Å². The fourth-order valence-electron chi connectivity index (χ4n) is 2.69. The quantitative estimate of drug-likeness (QED) is 0.790. The van der Waals surface area contributed by atoms with E-state index in [9.17, 15) is 4.79 Å². The topological polar surface area (TPSA) is 37.3 Å². The van der Waals surface area contributed by atoms with Crippen molar-refractivity contribution >= 4 is 5.97 Å². The monoisotopic (exact) mass is 232 g/mol. The summed E-state index contributed by atoms with van der Waals surface area (Å²) < 4.78 is 0. The van der Waals surface area contributed by atoms with Crippen LogP contribution in [0.15, 0.2) is 18.2 Å². The first kappa shape index (κ1) is 12.2. The van der Waals surface area contributed by atoms with E-state index < -0.39 is 5.97 Å². The molecule has 0 atom stereocenters. The normalized spacial score (nSPS) is 14.4. The van der Waals surface area contributed by atoms with Crippen molar-refractivity contribution in [2.24, 2.45) is 0 Å². The molecule has 17 heavy (non-hydrogen) atoms. The maximum Gasteiger partial charge on any atom is 0.303 e. The Bertz CT molecular complexity index is 396. The molecule has 1 aromatic rings. The van der Waals surface area contributed by atoms with Gasteiger partial charge in [-0.15, -0.1) is 0 Å². The molecule has 0 saturated heterocycles. The van der Waals surface area contributed by atoms with Gasteiger partial charge in [-0.25, -0.2) is 0 Å². The van der Waals surface area contributed by atoms with Crippen molar-refractivity contribution in [2.45, 2.75) is 51.4 Å². The number of hydrogen-bond acceptors (Lipinski definition) is 1. The Morgan fingerprint density at radius 1 is 1.18 bits per heavy atom. The molecule has 2 nitrogen and oxygen atoms in total. The van der Waals surface area contributed by atoms with Gasteiger partial charge in [0, 0.05) is 6.42 Å². The van der Waals surface area contributed by atoms with E-state index in [2.05, 4.69) is 18.2 Å². The van der Waals surface area contributed by atoms with Gasteiger partial charge in [0.25, 0.3) is 0 Å². The summed E-state index contributed by atoms with van der Waals surface area (Å²) in [5.74, 6) is -0.680. The summed E-state index contributed by atoms with van der Waals surface area (Å²) in [5.41, 5.74) is 4.52. The number of aliphatic carboxylic acids is 1. The van der Waals surface area contributed by atoms with E-state index in [0.717, 1.165) is 19.3 Å². The fraction of sp³-hybridized carbons (Fsp3) is 0.533. The van der Waals surface area contributed by atoms with E-state index in [0.29, 0.717) is 6.42 Å². The molecule has 1 aromatic carbocycles. The Balaban J connectivity index is 1.94. The Hall–Kier alpha value is -1.31. The first-order chi connectivity index (χ1) is 8.27. The van der Waals surface area contributed by atoms with Gasteiger partial charge in [-0.3, -0.25) is 4.79 Å². The van der Waals surface area contributed by atoms with Crippen LogP contribution in [0.5, 0.6) is 0 Å². The summed E-state index contributed by atoms with van der Waals surface area (Å²) in [5, 5.41) is 8.60. The van der Waals surface area contributed by atoms with Gasteiger partial charge in [-0.05, 0) is 61.6 Å². The molecule has 0 aromatic heterocycles. The van der Waals surface area contributed by atoms with Crippen molar-refractivity contribution < 1.29 is 9.90 Å². The molecule has 0 radical (unpaired) electrons. The van der Waals surface area contributed by atoms with E-state index in [-0.39, 0.29) is 0 Å². The third-order valence-corrected chi connectivity index (χ3v) is 3.58. The molecule has 0 unspecified atom stereocenters. The van der Waals surface area contributed by atoms with Crippen LogP contribution in [0.1, 0.15) is 48.8 Å². The molecule has 0 fully saturated rings. The maximum absolute atomic E-state index is 10.4. The van der Waals surface area contributed by atoms with Crippen LogP contribution in [0.4, 0.5) is 0 Å². The molecular formula is C15H20O2. The number of fused-ring (bicyclic) bond motifs is 1. The molecule has 0 bridgehead atoms. The molecular weight excluding hydrogens is 212 g/mol. The third kappa shape index (κ3) is 3.32. The highest BCUT2D eigenvalue weighted by atomic mass is 16.4. The number of rotatable bonds is 5. The van der Waals surface area contributed by atoms with Gasteiger partial charge in [-0.2, -0.15) is 0 Å². The summed E-state index contributed by atoms with van der Waals surface area (Å²) in [7, 11) is 0. The first-order valence-corrected chi connectivity index (χ1v) is 6.59. The number of aryl methyl sites for hydroxylation is 2. The lowest BCUT2D eigenvalue weighted by atomic mass is 9.87. The molecule has 2 rings (SSSR count). The number of carboxylic acid groups (broad SMARTS) is 1. The van der Waals surface area contributed by atoms with Crippen molar-refractivity contribution in [3.8, 4) is 0 Å². The zero-order chi connectivity index (χ0) is 12.1. The highest BCUT2D eigenvalue weighted by Gasteiger charge is 2.12. The van der Waals surface area contributed by atoms with Gasteiger partial charge in [0.05, 0.1) is 0 Å². The third-order valence-electron chi connectivity index (χ3n) is 3.58. The molecule has 0 spiro atoms. The summed E-state index contributed by atoms with van der Waals surface area (Å²) in [6.07, 6.45) is 8.17. The second kappa shape index (κ2) is 5.85. The predicted octanol–water partition coefficient (Wildman–Crippen LogP) is 3.36. The van der Waals surface area contributed by atoms with Crippen molar-refractivity contribution in [3.05, 3.63) is 34.9 Å². The molecule has 0 aliphatic heterocycles. The van der Waals surface area contributed by atoms with Crippen LogP contribution in [0.3, 0.4) is 0 Å². The van der Waals surface area contributed by atoms with Gasteiger partial charge in [0.15, 0.2) is 0 Å². The van der Waals surface area contributed by atoms with Crippen LogP contribution in [0.25, 0.3) is 0 Å². The van der Waals surface area contributed by atoms with Crippen molar-refractivity contribution in [1.29, 1.82) is 0 Å². The number of carbonyl (C=O) groups is 1. The minimum absolute atomic E-state index is 0.301. The average molecular weight is 232 g/mol. The predicted molar refractivity (Wildman–Crippen MR) is 68.3 cm³/mol. The Kier molecular flexibility index (Phi) is 4.18. The highest BCUT2D eigenvalue weighted by Crippen LogP contribution is 2.25. The van der Waals surface area contributed by atoms with Crippen molar-refractivity contribution in [2.75, 3.05) is 0 Å². The first-order valence-electron chi connectivity index (χ1n) is 6.59. The fourth-order valence-corrected chi connectivity index (χ4v) is 2.69.